The predicted octanol–water partition coefficient (Wildman–Crippen LogP) is 3.84. The molecule has 3 heterocycles. The monoisotopic (exact) mass is 464 g/mol. The molecular weight excluding hydrogens is 439 g/mol. The maximum Gasteiger partial charge on any atom is 0.173 e. The molecule has 5 rings (SSSR count). The third kappa shape index (κ3) is 4.60. The van der Waals surface area contributed by atoms with E-state index in [1.807, 2.05) is 35.0 Å². The Bertz CT molecular complexity index is 1170. The fraction of sp³-hybridized carbons (Fsp3) is 0.292. The van der Waals surface area contributed by atoms with Gasteiger partial charge in [0.25, 0.3) is 0 Å². The molecule has 0 bridgehead atoms. The lowest BCUT2D eigenvalue weighted by Crippen LogP contribution is -2.48. The van der Waals surface area contributed by atoms with Gasteiger partial charge in [-0.1, -0.05) is 30.3 Å². The summed E-state index contributed by atoms with van der Waals surface area (Å²) in [6.07, 6.45) is 0. The Kier molecular flexibility index (Phi) is 6.32. The lowest BCUT2D eigenvalue weighted by atomic mass is 10.0. The molecule has 1 aliphatic heterocycles. The van der Waals surface area contributed by atoms with Crippen LogP contribution in [0.5, 0.6) is 5.75 Å². The number of tetrazole rings is 1. The summed E-state index contributed by atoms with van der Waals surface area (Å²) in [7, 11) is 1.66. The van der Waals surface area contributed by atoms with E-state index < -0.39 is 0 Å². The zero-order chi connectivity index (χ0) is 22.6. The first-order chi connectivity index (χ1) is 16.2. The number of piperazine rings is 1. The van der Waals surface area contributed by atoms with Gasteiger partial charge in [0.2, 0.25) is 0 Å². The third-order valence-corrected chi connectivity index (χ3v) is 6.86. The Labute approximate surface area is 196 Å². The average Bonchev–Trinajstić information content (AvgIpc) is 3.54. The van der Waals surface area contributed by atoms with Crippen molar-refractivity contribution >= 4 is 17.0 Å². The molecule has 1 saturated heterocycles. The first-order valence-corrected chi connectivity index (χ1v) is 11.8. The summed E-state index contributed by atoms with van der Waals surface area (Å²) in [5, 5.41) is 14.8. The highest BCUT2D eigenvalue weighted by Gasteiger charge is 2.31. The number of nitrogens with zero attached hydrogens (tertiary/aromatic N) is 6. The normalized spacial score (nSPS) is 15.5. The standard InChI is InChI=1S/C24H25FN6OS/c1-32-19-10-8-18(9-11-19)23(24-26-27-28-31(24)17-20-5-4-16-33-20)30-14-12-29(13-15-30)22-7-3-2-6-21(22)25/h2-11,16,23H,12-15,17H2,1H3/t23-/m0/s1. The van der Waals surface area contributed by atoms with E-state index >= 15 is 0 Å². The van der Waals surface area contributed by atoms with E-state index in [-0.39, 0.29) is 11.9 Å². The molecule has 2 aromatic carbocycles. The van der Waals surface area contributed by atoms with Crippen LogP contribution in [0.15, 0.2) is 66.0 Å². The van der Waals surface area contributed by atoms with Crippen LogP contribution in [0.4, 0.5) is 10.1 Å². The van der Waals surface area contributed by atoms with Crippen molar-refractivity contribution in [2.45, 2.75) is 12.6 Å². The molecule has 9 heteroatoms. The molecule has 0 N–H and O–H groups in total. The second kappa shape index (κ2) is 9.68. The van der Waals surface area contributed by atoms with E-state index in [4.69, 9.17) is 4.74 Å². The van der Waals surface area contributed by atoms with Crippen LogP contribution in [0.3, 0.4) is 0 Å². The molecule has 0 unspecified atom stereocenters. The molecule has 33 heavy (non-hydrogen) atoms. The van der Waals surface area contributed by atoms with Crippen molar-refractivity contribution in [1.29, 1.82) is 0 Å². The second-order valence-corrected chi connectivity index (χ2v) is 8.96. The van der Waals surface area contributed by atoms with Gasteiger partial charge < -0.3 is 9.64 Å². The first kappa shape index (κ1) is 21.5. The molecular formula is C24H25FN6OS. The lowest BCUT2D eigenvalue weighted by Gasteiger charge is -2.40. The molecule has 2 aromatic heterocycles. The second-order valence-electron chi connectivity index (χ2n) is 7.92. The predicted molar refractivity (Wildman–Crippen MR) is 126 cm³/mol. The van der Waals surface area contributed by atoms with Gasteiger partial charge in [-0.15, -0.1) is 16.4 Å². The van der Waals surface area contributed by atoms with E-state index in [0.29, 0.717) is 12.2 Å². The van der Waals surface area contributed by atoms with Crippen LogP contribution in [0.1, 0.15) is 22.3 Å². The zero-order valence-electron chi connectivity index (χ0n) is 18.3. The highest BCUT2D eigenvalue weighted by atomic mass is 32.1. The fourth-order valence-electron chi connectivity index (χ4n) is 4.31. The molecule has 1 aliphatic rings. The van der Waals surface area contributed by atoms with Gasteiger partial charge in [0.05, 0.1) is 25.4 Å². The number of thiophene rings is 1. The van der Waals surface area contributed by atoms with E-state index in [2.05, 4.69) is 48.9 Å². The summed E-state index contributed by atoms with van der Waals surface area (Å²) in [5.74, 6) is 1.42. The molecule has 0 aliphatic carbocycles. The number of anilines is 1. The SMILES string of the molecule is COc1ccc([C@@H](c2nnnn2Cc2cccs2)N2CCN(c3ccccc3F)CC2)cc1. The number of methoxy groups -OCH3 is 1. The van der Waals surface area contributed by atoms with Crippen LogP contribution in [-0.2, 0) is 6.54 Å². The summed E-state index contributed by atoms with van der Waals surface area (Å²) in [5.41, 5.74) is 1.75. The van der Waals surface area contributed by atoms with Crippen LogP contribution >= 0.6 is 11.3 Å². The van der Waals surface area contributed by atoms with Crippen LogP contribution < -0.4 is 9.64 Å². The van der Waals surface area contributed by atoms with Gasteiger partial charge in [0.1, 0.15) is 11.6 Å². The zero-order valence-corrected chi connectivity index (χ0v) is 19.2. The minimum Gasteiger partial charge on any atom is -0.497 e. The van der Waals surface area contributed by atoms with Crippen LogP contribution in [0, 0.1) is 5.82 Å². The topological polar surface area (TPSA) is 59.3 Å². The molecule has 170 valence electrons. The molecule has 0 radical (unpaired) electrons. The minimum absolute atomic E-state index is 0.117. The molecule has 7 nitrogen and oxygen atoms in total. The summed E-state index contributed by atoms with van der Waals surface area (Å²) < 4.78 is 21.6. The molecule has 0 spiro atoms. The number of benzene rings is 2. The minimum atomic E-state index is -0.183. The Morgan fingerprint density at radius 2 is 1.79 bits per heavy atom. The fourth-order valence-corrected chi connectivity index (χ4v) is 4.99. The maximum atomic E-state index is 14.3. The number of halogens is 1. The lowest BCUT2D eigenvalue weighted by molar-refractivity contribution is 0.201. The van der Waals surface area contributed by atoms with Gasteiger partial charge in [-0.05, 0) is 51.7 Å². The van der Waals surface area contributed by atoms with Gasteiger partial charge in [-0.3, -0.25) is 4.90 Å². The largest absolute Gasteiger partial charge is 0.497 e. The Morgan fingerprint density at radius 1 is 1.00 bits per heavy atom. The van der Waals surface area contributed by atoms with Gasteiger partial charge in [0, 0.05) is 31.1 Å². The summed E-state index contributed by atoms with van der Waals surface area (Å²) in [6.45, 7) is 3.59. The van der Waals surface area contributed by atoms with Crippen molar-refractivity contribution in [3.8, 4) is 5.75 Å². The van der Waals surface area contributed by atoms with Crippen LogP contribution in [0.2, 0.25) is 0 Å². The van der Waals surface area contributed by atoms with Crippen LogP contribution in [0.25, 0.3) is 0 Å². The summed E-state index contributed by atoms with van der Waals surface area (Å²) >= 11 is 1.69. The molecule has 4 aromatic rings. The van der Waals surface area contributed by atoms with Crippen molar-refractivity contribution in [3.05, 3.63) is 88.1 Å². The van der Waals surface area contributed by atoms with Gasteiger partial charge in [-0.25, -0.2) is 9.07 Å². The van der Waals surface area contributed by atoms with Crippen molar-refractivity contribution in [1.82, 2.24) is 25.1 Å². The molecule has 0 saturated carbocycles. The van der Waals surface area contributed by atoms with Gasteiger partial charge in [0.15, 0.2) is 5.82 Å². The first-order valence-electron chi connectivity index (χ1n) is 10.9. The Morgan fingerprint density at radius 3 is 2.48 bits per heavy atom. The van der Waals surface area contributed by atoms with Crippen molar-refractivity contribution in [2.75, 3.05) is 38.2 Å². The van der Waals surface area contributed by atoms with E-state index in [1.54, 1.807) is 24.5 Å². The quantitative estimate of drug-likeness (QED) is 0.414. The number of ether oxygens (including phenoxy) is 1. The Balaban J connectivity index is 1.43. The van der Waals surface area contributed by atoms with Crippen molar-refractivity contribution in [2.24, 2.45) is 0 Å². The maximum absolute atomic E-state index is 14.3. The molecule has 0 amide bonds. The number of aromatic nitrogens is 4. The van der Waals surface area contributed by atoms with Crippen molar-refractivity contribution in [3.63, 3.8) is 0 Å². The molecule has 1 fully saturated rings. The molecule has 1 atom stereocenters. The Hall–Kier alpha value is -3.30. The van der Waals surface area contributed by atoms with E-state index in [1.165, 1.54) is 10.9 Å². The number of rotatable bonds is 7. The number of hydrogen-bond acceptors (Lipinski definition) is 7. The van der Waals surface area contributed by atoms with Crippen molar-refractivity contribution < 1.29 is 9.13 Å². The smallest absolute Gasteiger partial charge is 0.173 e. The highest BCUT2D eigenvalue weighted by molar-refractivity contribution is 7.09. The van der Waals surface area contributed by atoms with Gasteiger partial charge in [-0.2, -0.15) is 0 Å². The van der Waals surface area contributed by atoms with Crippen LogP contribution in [-0.4, -0.2) is 58.4 Å². The highest BCUT2D eigenvalue weighted by Crippen LogP contribution is 2.31. The third-order valence-electron chi connectivity index (χ3n) is 5.99. The van der Waals surface area contributed by atoms with E-state index in [0.717, 1.165) is 43.3 Å². The van der Waals surface area contributed by atoms with Gasteiger partial charge >= 0.3 is 0 Å². The average molecular weight is 465 g/mol. The summed E-state index contributed by atoms with van der Waals surface area (Å²) in [4.78, 5) is 5.67. The number of hydrogen-bond donors (Lipinski definition) is 0. The number of para-hydroxylation sites is 1. The van der Waals surface area contributed by atoms with E-state index in [9.17, 15) is 4.39 Å². The summed E-state index contributed by atoms with van der Waals surface area (Å²) in [6, 6.07) is 19.0.